The molecule has 0 bridgehead atoms. The van der Waals surface area contributed by atoms with Gasteiger partial charge in [0.2, 0.25) is 5.91 Å². The molecule has 1 aliphatic carbocycles. The van der Waals surface area contributed by atoms with Gasteiger partial charge in [-0.1, -0.05) is 25.0 Å². The molecule has 0 radical (unpaired) electrons. The Hall–Kier alpha value is -1.46. The number of amides is 1. The van der Waals surface area contributed by atoms with Crippen LogP contribution in [0.5, 0.6) is 0 Å². The summed E-state index contributed by atoms with van der Waals surface area (Å²) < 4.78 is 13.0. The van der Waals surface area contributed by atoms with Crippen molar-refractivity contribution in [2.24, 2.45) is 11.7 Å². The summed E-state index contributed by atoms with van der Waals surface area (Å²) in [6.45, 7) is 1.28. The van der Waals surface area contributed by atoms with E-state index in [4.69, 9.17) is 5.73 Å². The third kappa shape index (κ3) is 3.40. The summed E-state index contributed by atoms with van der Waals surface area (Å²) in [5.41, 5.74) is 6.33. The molecular weight excluding hydrogens is 295 g/mol. The number of hydrogen-bond acceptors (Lipinski definition) is 3. The standard InChI is InChI=1S/C18H25FN2O2/c19-15-5-3-13(4-6-15)16(22)14-7-11-21(12-8-14)17(23)18(20)9-1-2-10-18/h3-6,14,16,22H,1-2,7-12,20H2/t16-/m0/s1. The minimum absolute atomic E-state index is 0.0738. The highest BCUT2D eigenvalue weighted by atomic mass is 19.1. The van der Waals surface area contributed by atoms with Crippen LogP contribution in [-0.2, 0) is 4.79 Å². The van der Waals surface area contributed by atoms with E-state index >= 15 is 0 Å². The van der Waals surface area contributed by atoms with E-state index in [1.807, 2.05) is 4.90 Å². The van der Waals surface area contributed by atoms with Gasteiger partial charge in [-0.15, -0.1) is 0 Å². The number of carbonyl (C=O) groups is 1. The Morgan fingerprint density at radius 3 is 2.35 bits per heavy atom. The first-order chi connectivity index (χ1) is 11.0. The normalized spacial score (nSPS) is 23.0. The summed E-state index contributed by atoms with van der Waals surface area (Å²) in [6, 6.07) is 6.00. The molecule has 1 heterocycles. The second-order valence-electron chi connectivity index (χ2n) is 6.99. The Morgan fingerprint density at radius 2 is 1.78 bits per heavy atom. The van der Waals surface area contributed by atoms with Crippen molar-refractivity contribution in [2.45, 2.75) is 50.2 Å². The molecule has 0 spiro atoms. The summed E-state index contributed by atoms with van der Waals surface area (Å²) in [5.74, 6) is -0.127. The van der Waals surface area contributed by atoms with E-state index in [1.165, 1.54) is 12.1 Å². The van der Waals surface area contributed by atoms with Crippen LogP contribution in [0.25, 0.3) is 0 Å². The van der Waals surface area contributed by atoms with Crippen molar-refractivity contribution >= 4 is 5.91 Å². The fourth-order valence-electron chi connectivity index (χ4n) is 3.89. The monoisotopic (exact) mass is 320 g/mol. The lowest BCUT2D eigenvalue weighted by Gasteiger charge is -2.38. The maximum Gasteiger partial charge on any atom is 0.242 e. The Kier molecular flexibility index (Phi) is 4.69. The summed E-state index contributed by atoms with van der Waals surface area (Å²) in [5, 5.41) is 10.5. The number of rotatable bonds is 3. The van der Waals surface area contributed by atoms with Crippen LogP contribution in [0.3, 0.4) is 0 Å². The quantitative estimate of drug-likeness (QED) is 0.898. The zero-order valence-electron chi connectivity index (χ0n) is 13.4. The lowest BCUT2D eigenvalue weighted by molar-refractivity contribution is -0.138. The third-order valence-electron chi connectivity index (χ3n) is 5.41. The predicted molar refractivity (Wildman–Crippen MR) is 86.1 cm³/mol. The van der Waals surface area contributed by atoms with Crippen LogP contribution in [0, 0.1) is 11.7 Å². The molecule has 1 saturated carbocycles. The molecule has 0 unspecified atom stereocenters. The van der Waals surface area contributed by atoms with Gasteiger partial charge in [-0.25, -0.2) is 4.39 Å². The summed E-state index contributed by atoms with van der Waals surface area (Å²) in [7, 11) is 0. The van der Waals surface area contributed by atoms with Gasteiger partial charge in [0.1, 0.15) is 5.82 Å². The predicted octanol–water partition coefficient (Wildman–Crippen LogP) is 2.37. The molecule has 4 nitrogen and oxygen atoms in total. The zero-order chi connectivity index (χ0) is 16.4. The van der Waals surface area contributed by atoms with Crippen LogP contribution in [0.4, 0.5) is 4.39 Å². The molecule has 126 valence electrons. The van der Waals surface area contributed by atoms with Crippen LogP contribution in [0.1, 0.15) is 50.2 Å². The largest absolute Gasteiger partial charge is 0.388 e. The molecule has 2 fully saturated rings. The van der Waals surface area contributed by atoms with Crippen molar-refractivity contribution in [1.29, 1.82) is 0 Å². The average Bonchev–Trinajstić information content (AvgIpc) is 3.02. The second-order valence-corrected chi connectivity index (χ2v) is 6.99. The van der Waals surface area contributed by atoms with Gasteiger partial charge >= 0.3 is 0 Å². The Morgan fingerprint density at radius 1 is 1.22 bits per heavy atom. The Labute approximate surface area is 136 Å². The fourth-order valence-corrected chi connectivity index (χ4v) is 3.89. The van der Waals surface area contributed by atoms with Crippen molar-refractivity contribution in [3.8, 4) is 0 Å². The minimum atomic E-state index is -0.664. The van der Waals surface area contributed by atoms with Gasteiger partial charge in [-0.05, 0) is 49.3 Å². The minimum Gasteiger partial charge on any atom is -0.388 e. The van der Waals surface area contributed by atoms with Crippen molar-refractivity contribution in [2.75, 3.05) is 13.1 Å². The van der Waals surface area contributed by atoms with E-state index in [9.17, 15) is 14.3 Å². The Bertz CT molecular complexity index is 547. The number of halogens is 1. The molecular formula is C18H25FN2O2. The molecule has 1 aromatic rings. The van der Waals surface area contributed by atoms with Gasteiger partial charge in [0.25, 0.3) is 0 Å². The first-order valence-corrected chi connectivity index (χ1v) is 8.51. The maximum absolute atomic E-state index is 13.0. The molecule has 1 saturated heterocycles. The summed E-state index contributed by atoms with van der Waals surface area (Å²) >= 11 is 0. The van der Waals surface area contributed by atoms with Crippen LogP contribution >= 0.6 is 0 Å². The van der Waals surface area contributed by atoms with E-state index in [0.717, 1.165) is 44.1 Å². The molecule has 23 heavy (non-hydrogen) atoms. The van der Waals surface area contributed by atoms with Gasteiger partial charge in [0, 0.05) is 13.1 Å². The molecule has 1 aliphatic heterocycles. The van der Waals surface area contributed by atoms with E-state index < -0.39 is 11.6 Å². The number of carbonyl (C=O) groups excluding carboxylic acids is 1. The van der Waals surface area contributed by atoms with Crippen LogP contribution < -0.4 is 5.73 Å². The van der Waals surface area contributed by atoms with Gasteiger partial charge in [0.05, 0.1) is 11.6 Å². The molecule has 1 aromatic carbocycles. The summed E-state index contributed by atoms with van der Waals surface area (Å²) in [6.07, 6.45) is 4.52. The average molecular weight is 320 g/mol. The van der Waals surface area contributed by atoms with E-state index in [0.29, 0.717) is 13.1 Å². The highest BCUT2D eigenvalue weighted by Crippen LogP contribution is 2.34. The van der Waals surface area contributed by atoms with Gasteiger partial charge in [-0.2, -0.15) is 0 Å². The van der Waals surface area contributed by atoms with Crippen molar-refractivity contribution in [1.82, 2.24) is 4.90 Å². The number of hydrogen-bond donors (Lipinski definition) is 2. The van der Waals surface area contributed by atoms with E-state index in [1.54, 1.807) is 12.1 Å². The first-order valence-electron chi connectivity index (χ1n) is 8.51. The third-order valence-corrected chi connectivity index (χ3v) is 5.41. The van der Waals surface area contributed by atoms with Gasteiger partial charge in [-0.3, -0.25) is 4.79 Å². The molecule has 1 amide bonds. The fraction of sp³-hybridized carbons (Fsp3) is 0.611. The topological polar surface area (TPSA) is 66.6 Å². The molecule has 2 aliphatic rings. The van der Waals surface area contributed by atoms with Crippen molar-refractivity contribution in [3.63, 3.8) is 0 Å². The van der Waals surface area contributed by atoms with E-state index in [-0.39, 0.29) is 17.6 Å². The van der Waals surface area contributed by atoms with Crippen molar-refractivity contribution < 1.29 is 14.3 Å². The number of benzene rings is 1. The Balaban J connectivity index is 1.57. The lowest BCUT2D eigenvalue weighted by atomic mass is 9.86. The maximum atomic E-state index is 13.0. The molecule has 1 atom stereocenters. The molecule has 5 heteroatoms. The number of aliphatic hydroxyl groups excluding tert-OH is 1. The zero-order valence-corrected chi connectivity index (χ0v) is 13.4. The number of nitrogens with zero attached hydrogens (tertiary/aromatic N) is 1. The van der Waals surface area contributed by atoms with Gasteiger partial charge < -0.3 is 15.7 Å². The smallest absolute Gasteiger partial charge is 0.242 e. The molecule has 3 N–H and O–H groups in total. The highest BCUT2D eigenvalue weighted by molar-refractivity contribution is 5.86. The highest BCUT2D eigenvalue weighted by Gasteiger charge is 2.41. The number of likely N-dealkylation sites (tertiary alicyclic amines) is 1. The number of aliphatic hydroxyl groups is 1. The number of piperidine rings is 1. The second kappa shape index (κ2) is 6.57. The van der Waals surface area contributed by atoms with Gasteiger partial charge in [0.15, 0.2) is 0 Å². The SMILES string of the molecule is NC1(C(=O)N2CCC([C@@H](O)c3ccc(F)cc3)CC2)CCCC1. The van der Waals surface area contributed by atoms with Crippen LogP contribution in [0.2, 0.25) is 0 Å². The van der Waals surface area contributed by atoms with Crippen molar-refractivity contribution in [3.05, 3.63) is 35.6 Å². The lowest BCUT2D eigenvalue weighted by Crippen LogP contribution is -2.55. The summed E-state index contributed by atoms with van der Waals surface area (Å²) in [4.78, 5) is 14.5. The molecule has 3 rings (SSSR count). The van der Waals surface area contributed by atoms with Crippen LogP contribution in [-0.4, -0.2) is 34.5 Å². The first kappa shape index (κ1) is 16.4. The number of nitrogens with two attached hydrogens (primary N) is 1. The van der Waals surface area contributed by atoms with E-state index in [2.05, 4.69) is 0 Å². The van der Waals surface area contributed by atoms with Crippen LogP contribution in [0.15, 0.2) is 24.3 Å². The molecule has 0 aromatic heterocycles.